The molecule has 25 heavy (non-hydrogen) atoms. The predicted octanol–water partition coefficient (Wildman–Crippen LogP) is 2.40. The topological polar surface area (TPSA) is 55.4 Å². The van der Waals surface area contributed by atoms with Gasteiger partial charge in [0, 0.05) is 0 Å². The average Bonchev–Trinajstić information content (AvgIpc) is 2.62. The summed E-state index contributed by atoms with van der Waals surface area (Å²) in [4.78, 5) is 0. The molecule has 1 heterocycles. The van der Waals surface area contributed by atoms with E-state index in [2.05, 4.69) is 19.9 Å². The molecule has 0 fully saturated rings. The van der Waals surface area contributed by atoms with Crippen molar-refractivity contribution < 1.29 is 28.4 Å². The van der Waals surface area contributed by atoms with Gasteiger partial charge in [-0.1, -0.05) is 6.92 Å². The number of hydrogen-bond donors (Lipinski definition) is 0. The summed E-state index contributed by atoms with van der Waals surface area (Å²) in [7, 11) is 0. The van der Waals surface area contributed by atoms with E-state index < -0.39 is 0 Å². The van der Waals surface area contributed by atoms with Gasteiger partial charge in [0.25, 0.3) is 0 Å². The standard InChI is InChI=1S/C19H30O6/c1-3-17-15-19-18(14-16(17)2)24-12-10-22-8-6-20-4-5-21-7-9-23-11-13-25-19/h14-15H,3-13H2,1-2H3. The van der Waals surface area contributed by atoms with E-state index >= 15 is 0 Å². The third kappa shape index (κ3) is 7.61. The molecule has 0 saturated carbocycles. The lowest BCUT2D eigenvalue weighted by Gasteiger charge is -2.16. The Bertz CT molecular complexity index is 491. The maximum atomic E-state index is 5.88. The van der Waals surface area contributed by atoms with E-state index in [1.54, 1.807) is 0 Å². The van der Waals surface area contributed by atoms with Crippen LogP contribution in [0.1, 0.15) is 18.1 Å². The lowest BCUT2D eigenvalue weighted by atomic mass is 10.1. The van der Waals surface area contributed by atoms with Crippen LogP contribution in [-0.2, 0) is 25.4 Å². The summed E-state index contributed by atoms with van der Waals surface area (Å²) in [5.41, 5.74) is 2.46. The molecule has 6 nitrogen and oxygen atoms in total. The Hall–Kier alpha value is -1.34. The molecule has 0 amide bonds. The van der Waals surface area contributed by atoms with E-state index in [1.807, 2.05) is 6.07 Å². The Morgan fingerprint density at radius 3 is 1.48 bits per heavy atom. The second-order valence-electron chi connectivity index (χ2n) is 5.73. The van der Waals surface area contributed by atoms with Crippen molar-refractivity contribution in [1.82, 2.24) is 0 Å². The molecule has 0 bridgehead atoms. The third-order valence-electron chi connectivity index (χ3n) is 3.87. The summed E-state index contributed by atoms with van der Waals surface area (Å²) in [6.07, 6.45) is 0.958. The highest BCUT2D eigenvalue weighted by Gasteiger charge is 2.10. The van der Waals surface area contributed by atoms with Gasteiger partial charge >= 0.3 is 0 Å². The average molecular weight is 354 g/mol. The summed E-state index contributed by atoms with van der Waals surface area (Å²) in [6.45, 7) is 9.52. The summed E-state index contributed by atoms with van der Waals surface area (Å²) in [5.74, 6) is 1.51. The molecule has 2 rings (SSSR count). The largest absolute Gasteiger partial charge is 0.487 e. The van der Waals surface area contributed by atoms with Gasteiger partial charge < -0.3 is 28.4 Å². The minimum absolute atomic E-state index is 0.473. The van der Waals surface area contributed by atoms with Crippen molar-refractivity contribution in [3.63, 3.8) is 0 Å². The first-order valence-electron chi connectivity index (χ1n) is 9.01. The van der Waals surface area contributed by atoms with Crippen LogP contribution in [0.25, 0.3) is 0 Å². The zero-order valence-electron chi connectivity index (χ0n) is 15.4. The minimum atomic E-state index is 0.473. The molecular weight excluding hydrogens is 324 g/mol. The smallest absolute Gasteiger partial charge is 0.161 e. The SMILES string of the molecule is CCc1cc2c(cc1C)OCCOCCOCCOCCOCCO2. The van der Waals surface area contributed by atoms with E-state index in [0.717, 1.165) is 17.9 Å². The van der Waals surface area contributed by atoms with Gasteiger partial charge in [-0.25, -0.2) is 0 Å². The first-order valence-corrected chi connectivity index (χ1v) is 9.01. The van der Waals surface area contributed by atoms with Crippen molar-refractivity contribution in [2.75, 3.05) is 66.1 Å². The van der Waals surface area contributed by atoms with Gasteiger partial charge in [-0.05, 0) is 36.6 Å². The zero-order chi connectivity index (χ0) is 17.7. The Morgan fingerprint density at radius 1 is 0.640 bits per heavy atom. The van der Waals surface area contributed by atoms with Gasteiger partial charge in [-0.15, -0.1) is 0 Å². The van der Waals surface area contributed by atoms with Crippen molar-refractivity contribution in [2.45, 2.75) is 20.3 Å². The quantitative estimate of drug-likeness (QED) is 0.772. The van der Waals surface area contributed by atoms with E-state index in [0.29, 0.717) is 66.1 Å². The molecular formula is C19H30O6. The van der Waals surface area contributed by atoms with Crippen LogP contribution in [0.2, 0.25) is 0 Å². The van der Waals surface area contributed by atoms with Gasteiger partial charge in [-0.2, -0.15) is 0 Å². The van der Waals surface area contributed by atoms with Crippen LogP contribution in [0, 0.1) is 6.92 Å². The van der Waals surface area contributed by atoms with Crippen molar-refractivity contribution in [2.24, 2.45) is 0 Å². The highest BCUT2D eigenvalue weighted by molar-refractivity contribution is 5.47. The molecule has 0 N–H and O–H groups in total. The molecule has 0 unspecified atom stereocenters. The Morgan fingerprint density at radius 2 is 1.04 bits per heavy atom. The van der Waals surface area contributed by atoms with Crippen LogP contribution in [0.15, 0.2) is 12.1 Å². The molecule has 6 heteroatoms. The van der Waals surface area contributed by atoms with Crippen molar-refractivity contribution in [3.8, 4) is 11.5 Å². The summed E-state index contributed by atoms with van der Waals surface area (Å²) in [5, 5.41) is 0. The van der Waals surface area contributed by atoms with E-state index in [1.165, 1.54) is 11.1 Å². The summed E-state index contributed by atoms with van der Waals surface area (Å²) < 4.78 is 33.6. The van der Waals surface area contributed by atoms with Crippen LogP contribution in [0.5, 0.6) is 11.5 Å². The Balaban J connectivity index is 1.94. The first-order chi connectivity index (χ1) is 12.3. The second-order valence-corrected chi connectivity index (χ2v) is 5.73. The fourth-order valence-corrected chi connectivity index (χ4v) is 2.49. The van der Waals surface area contributed by atoms with Crippen molar-refractivity contribution in [1.29, 1.82) is 0 Å². The lowest BCUT2D eigenvalue weighted by Crippen LogP contribution is -2.16. The molecule has 0 aliphatic carbocycles. The molecule has 0 saturated heterocycles. The monoisotopic (exact) mass is 354 g/mol. The number of fused-ring (bicyclic) bond motifs is 1. The second kappa shape index (κ2) is 12.1. The Labute approximate surface area is 150 Å². The number of hydrogen-bond acceptors (Lipinski definition) is 6. The van der Waals surface area contributed by atoms with Crippen LogP contribution < -0.4 is 9.47 Å². The highest BCUT2D eigenvalue weighted by Crippen LogP contribution is 2.31. The lowest BCUT2D eigenvalue weighted by molar-refractivity contribution is -0.00842. The molecule has 1 aromatic carbocycles. The molecule has 0 radical (unpaired) electrons. The molecule has 1 aliphatic heterocycles. The normalized spacial score (nSPS) is 19.0. The van der Waals surface area contributed by atoms with Crippen LogP contribution in [0.3, 0.4) is 0 Å². The van der Waals surface area contributed by atoms with Crippen LogP contribution in [-0.4, -0.2) is 66.1 Å². The predicted molar refractivity (Wildman–Crippen MR) is 94.8 cm³/mol. The zero-order valence-corrected chi connectivity index (χ0v) is 15.4. The van der Waals surface area contributed by atoms with Crippen LogP contribution >= 0.6 is 0 Å². The molecule has 1 aliphatic rings. The fourth-order valence-electron chi connectivity index (χ4n) is 2.49. The van der Waals surface area contributed by atoms with Gasteiger partial charge in [-0.3, -0.25) is 0 Å². The molecule has 0 aromatic heterocycles. The van der Waals surface area contributed by atoms with Gasteiger partial charge in [0.1, 0.15) is 13.2 Å². The van der Waals surface area contributed by atoms with Gasteiger partial charge in [0.15, 0.2) is 11.5 Å². The number of ether oxygens (including phenoxy) is 6. The highest BCUT2D eigenvalue weighted by atomic mass is 16.6. The summed E-state index contributed by atoms with van der Waals surface area (Å²) in [6, 6.07) is 4.09. The molecule has 0 spiro atoms. The third-order valence-corrected chi connectivity index (χ3v) is 3.87. The molecule has 0 atom stereocenters. The summed E-state index contributed by atoms with van der Waals surface area (Å²) >= 11 is 0. The maximum Gasteiger partial charge on any atom is 0.161 e. The number of aryl methyl sites for hydroxylation is 2. The van der Waals surface area contributed by atoms with Crippen LogP contribution in [0.4, 0.5) is 0 Å². The van der Waals surface area contributed by atoms with Crippen molar-refractivity contribution >= 4 is 0 Å². The fraction of sp³-hybridized carbons (Fsp3) is 0.684. The minimum Gasteiger partial charge on any atom is -0.487 e. The molecule has 142 valence electrons. The molecule has 1 aromatic rings. The van der Waals surface area contributed by atoms with E-state index in [4.69, 9.17) is 28.4 Å². The van der Waals surface area contributed by atoms with E-state index in [-0.39, 0.29) is 0 Å². The number of benzene rings is 1. The van der Waals surface area contributed by atoms with Gasteiger partial charge in [0.2, 0.25) is 0 Å². The Kier molecular flexibility index (Phi) is 9.66. The number of rotatable bonds is 1. The maximum absolute atomic E-state index is 5.88. The van der Waals surface area contributed by atoms with Crippen molar-refractivity contribution in [3.05, 3.63) is 23.3 Å². The first kappa shape index (κ1) is 20.0. The van der Waals surface area contributed by atoms with Gasteiger partial charge in [0.05, 0.1) is 52.9 Å². The van der Waals surface area contributed by atoms with E-state index in [9.17, 15) is 0 Å².